The molecule has 2 saturated heterocycles. The average molecular weight is 774 g/mol. The van der Waals surface area contributed by atoms with Crippen LogP contribution in [0.3, 0.4) is 0 Å². The molecule has 2 aromatic carbocycles. The third-order valence-electron chi connectivity index (χ3n) is 7.95. The summed E-state index contributed by atoms with van der Waals surface area (Å²) in [6.07, 6.45) is 1.75. The van der Waals surface area contributed by atoms with Gasteiger partial charge in [-0.05, 0) is 106 Å². The average Bonchev–Trinajstić information content (AvgIpc) is 2.96. The minimum absolute atomic E-state index is 0.168. The highest BCUT2D eigenvalue weighted by atomic mass is 28.5. The van der Waals surface area contributed by atoms with Crippen LogP contribution in [0.4, 0.5) is 0 Å². The van der Waals surface area contributed by atoms with Crippen molar-refractivity contribution in [2.24, 2.45) is 0 Å². The van der Waals surface area contributed by atoms with Gasteiger partial charge in [0.25, 0.3) is 55.7 Å². The van der Waals surface area contributed by atoms with E-state index in [0.29, 0.717) is 13.2 Å². The first-order valence-corrected chi connectivity index (χ1v) is 33.1. The van der Waals surface area contributed by atoms with Crippen molar-refractivity contribution in [2.75, 3.05) is 13.2 Å². The van der Waals surface area contributed by atoms with Crippen molar-refractivity contribution in [2.45, 2.75) is 90.0 Å². The number of hydrogen-bond donors (Lipinski definition) is 0. The van der Waals surface area contributed by atoms with Gasteiger partial charge in [0.1, 0.15) is 11.5 Å². The van der Waals surface area contributed by atoms with E-state index in [2.05, 4.69) is 108 Å². The molecule has 4 rings (SSSR count). The Kier molecular flexibility index (Phi) is 14.9. The van der Waals surface area contributed by atoms with Gasteiger partial charge in [-0.1, -0.05) is 38.1 Å². The van der Waals surface area contributed by atoms with E-state index in [4.69, 9.17) is 42.4 Å². The second-order valence-electron chi connectivity index (χ2n) is 12.5. The molecule has 257 valence electrons. The molecule has 4 unspecified atom stereocenters. The van der Waals surface area contributed by atoms with Crippen LogP contribution < -0.4 is 9.47 Å². The number of benzene rings is 2. The molecule has 0 saturated carbocycles. The van der Waals surface area contributed by atoms with Gasteiger partial charge in [-0.3, -0.25) is 0 Å². The van der Waals surface area contributed by atoms with Gasteiger partial charge < -0.3 is 42.4 Å². The first-order valence-electron chi connectivity index (χ1n) is 16.4. The van der Waals surface area contributed by atoms with Crippen LogP contribution in [-0.2, 0) is 38.3 Å². The van der Waals surface area contributed by atoms with E-state index < -0.39 is 73.5 Å². The minimum atomic E-state index is -2.32. The third kappa shape index (κ3) is 12.1. The molecule has 2 aromatic rings. The normalized spacial score (nSPS) is 30.1. The molecule has 0 amide bonds. The maximum Gasteiger partial charge on any atom is 0.365 e. The number of rotatable bonds is 12. The Morgan fingerprint density at radius 1 is 0.609 bits per heavy atom. The monoisotopic (exact) mass is 773 g/mol. The topological polar surface area (TPSA) is 92.3 Å². The van der Waals surface area contributed by atoms with E-state index in [9.17, 15) is 0 Å². The molecule has 18 heteroatoms. The summed E-state index contributed by atoms with van der Waals surface area (Å²) in [6.45, 7) is 20.3. The fraction of sp³-hybridized carbons (Fsp3) is 0.571. The van der Waals surface area contributed by atoms with E-state index >= 15 is 0 Å². The van der Waals surface area contributed by atoms with E-state index in [1.54, 1.807) is 0 Å². The lowest BCUT2D eigenvalue weighted by Crippen LogP contribution is -2.53. The fourth-order valence-corrected chi connectivity index (χ4v) is 32.0. The van der Waals surface area contributed by atoms with Gasteiger partial charge in [0, 0.05) is 5.41 Å². The van der Waals surface area contributed by atoms with Crippen LogP contribution in [0.25, 0.3) is 0 Å². The number of hydrogen-bond acceptors (Lipinski definition) is 10. The summed E-state index contributed by atoms with van der Waals surface area (Å²) in [7, 11) is -13.7. The predicted octanol–water partition coefficient (Wildman–Crippen LogP) is 4.37. The van der Waals surface area contributed by atoms with Crippen molar-refractivity contribution in [3.8, 4) is 11.5 Å². The largest absolute Gasteiger partial charge is 0.494 e. The van der Waals surface area contributed by atoms with Crippen LogP contribution >= 0.6 is 0 Å². The summed E-state index contributed by atoms with van der Waals surface area (Å²) in [4.78, 5) is 0. The molecule has 0 aliphatic carbocycles. The summed E-state index contributed by atoms with van der Waals surface area (Å²) in [6, 6.07) is 18.6. The minimum Gasteiger partial charge on any atom is -0.494 e. The van der Waals surface area contributed by atoms with Crippen molar-refractivity contribution in [3.05, 3.63) is 59.7 Å². The Balaban J connectivity index is 1.21. The smallest absolute Gasteiger partial charge is 0.365 e. The molecular weight excluding hydrogens is 721 g/mol. The standard InChI is InChI=1S/C28H53O10Si8/c1-28(2,24-12-16-26(17-13-24)29-20-10-22-45-35-41(5)31-39(3)32-42(6)36-45)25-14-18-27(19-15-25)30-21-11-23-46(9)37-43(7)33-40(4)34-44(8)38-46/h12-19,39-44H,10-11,20-23H2,1-9H3. The third-order valence-corrected chi connectivity index (χ3v) is 33.6. The second-order valence-corrected chi connectivity index (χ2v) is 31.5. The van der Waals surface area contributed by atoms with Crippen molar-refractivity contribution >= 4 is 73.5 Å². The summed E-state index contributed by atoms with van der Waals surface area (Å²) >= 11 is 0. The SMILES string of the molecule is C[SiH]1O[Si](CCCOc2ccc(C(C)(C)c3ccc(OCCC[Si]4(C)O[SiH](C)O[SiH](C)O[SiH](C)O4)cc3)cc2)O[SiH](C)O[SiH](C)O1. The maximum absolute atomic E-state index is 6.38. The van der Waals surface area contributed by atoms with Gasteiger partial charge in [0.2, 0.25) is 0 Å². The molecule has 0 aromatic heterocycles. The molecule has 0 N–H and O–H groups in total. The van der Waals surface area contributed by atoms with Crippen LogP contribution in [-0.4, -0.2) is 86.8 Å². The highest BCUT2D eigenvalue weighted by Crippen LogP contribution is 2.33. The highest BCUT2D eigenvalue weighted by Gasteiger charge is 2.39. The zero-order chi connectivity index (χ0) is 33.3. The lowest BCUT2D eigenvalue weighted by molar-refractivity contribution is 0.266. The Morgan fingerprint density at radius 2 is 1.02 bits per heavy atom. The molecule has 2 heterocycles. The summed E-state index contributed by atoms with van der Waals surface area (Å²) < 4.78 is 61.3. The quantitative estimate of drug-likeness (QED) is 0.229. The molecule has 1 radical (unpaired) electrons. The summed E-state index contributed by atoms with van der Waals surface area (Å²) in [5.41, 5.74) is 2.28. The van der Waals surface area contributed by atoms with E-state index in [0.717, 1.165) is 36.4 Å². The van der Waals surface area contributed by atoms with Crippen molar-refractivity contribution in [1.29, 1.82) is 0 Å². The van der Waals surface area contributed by atoms with Gasteiger partial charge in [-0.25, -0.2) is 0 Å². The first kappa shape index (κ1) is 38.3. The Bertz CT molecular complexity index is 1170. The molecule has 0 bridgehead atoms. The van der Waals surface area contributed by atoms with Crippen LogP contribution in [0, 0.1) is 0 Å². The maximum atomic E-state index is 6.38. The Labute approximate surface area is 289 Å². The Hall–Kier alpha value is -0.545. The molecule has 2 aliphatic rings. The van der Waals surface area contributed by atoms with Crippen molar-refractivity contribution in [3.63, 3.8) is 0 Å². The van der Waals surface area contributed by atoms with Crippen LogP contribution in [0.1, 0.15) is 37.8 Å². The van der Waals surface area contributed by atoms with Gasteiger partial charge >= 0.3 is 17.8 Å². The zero-order valence-corrected chi connectivity index (χ0v) is 37.8. The van der Waals surface area contributed by atoms with Gasteiger partial charge in [0.05, 0.1) is 13.2 Å². The summed E-state index contributed by atoms with van der Waals surface area (Å²) in [5.74, 6) is 1.74. The summed E-state index contributed by atoms with van der Waals surface area (Å²) in [5, 5.41) is 0. The highest BCUT2D eigenvalue weighted by molar-refractivity contribution is 6.81. The Morgan fingerprint density at radius 3 is 1.48 bits per heavy atom. The van der Waals surface area contributed by atoms with Crippen LogP contribution in [0.15, 0.2) is 48.5 Å². The van der Waals surface area contributed by atoms with E-state index in [1.807, 2.05) is 0 Å². The lowest BCUT2D eigenvalue weighted by Gasteiger charge is -2.37. The second kappa shape index (κ2) is 17.9. The number of ether oxygens (including phenoxy) is 2. The molecular formula is C28H53O10Si8. The zero-order valence-electron chi connectivity index (χ0n) is 28.9. The van der Waals surface area contributed by atoms with Gasteiger partial charge in [0.15, 0.2) is 0 Å². The van der Waals surface area contributed by atoms with Crippen molar-refractivity contribution < 1.29 is 42.4 Å². The predicted molar refractivity (Wildman–Crippen MR) is 199 cm³/mol. The van der Waals surface area contributed by atoms with E-state index in [1.165, 1.54) is 11.1 Å². The van der Waals surface area contributed by atoms with Crippen LogP contribution in [0.2, 0.25) is 57.9 Å². The van der Waals surface area contributed by atoms with Crippen molar-refractivity contribution in [1.82, 2.24) is 0 Å². The van der Waals surface area contributed by atoms with Gasteiger partial charge in [-0.2, -0.15) is 0 Å². The first-order chi connectivity index (χ1) is 21.8. The van der Waals surface area contributed by atoms with E-state index in [-0.39, 0.29) is 5.41 Å². The molecule has 2 aliphatic heterocycles. The van der Waals surface area contributed by atoms with Crippen LogP contribution in [0.5, 0.6) is 11.5 Å². The molecule has 10 nitrogen and oxygen atoms in total. The molecule has 46 heavy (non-hydrogen) atoms. The molecule has 2 fully saturated rings. The van der Waals surface area contributed by atoms with Gasteiger partial charge in [-0.15, -0.1) is 0 Å². The lowest BCUT2D eigenvalue weighted by atomic mass is 9.78. The fourth-order valence-electron chi connectivity index (χ4n) is 5.71. The molecule has 0 spiro atoms. The molecule has 4 atom stereocenters.